The number of halogens is 2. The molecule has 0 aliphatic heterocycles. The average Bonchev–Trinajstić information content (AvgIpc) is 2.36. The molecule has 0 aromatic heterocycles. The molecule has 1 rings (SSSR count). The van der Waals surface area contributed by atoms with Gasteiger partial charge in [0, 0.05) is 6.54 Å². The molecule has 0 saturated carbocycles. The van der Waals surface area contributed by atoms with Gasteiger partial charge in [-0.15, -0.1) is 0 Å². The van der Waals surface area contributed by atoms with Crippen molar-refractivity contribution >= 4 is 17.5 Å². The van der Waals surface area contributed by atoms with Gasteiger partial charge in [0.2, 0.25) is 0 Å². The maximum atomic E-state index is 13.5. The first-order chi connectivity index (χ1) is 8.43. The Balaban J connectivity index is 2.78. The van der Waals surface area contributed by atoms with Crippen LogP contribution in [0.5, 0.6) is 0 Å². The maximum absolute atomic E-state index is 13.5. The topological polar surface area (TPSA) is 49.3 Å². The zero-order valence-corrected chi connectivity index (χ0v) is 11.2. The van der Waals surface area contributed by atoms with Crippen LogP contribution in [0, 0.1) is 5.82 Å². The molecule has 100 valence electrons. The molecular formula is C13H17ClFNO2. The minimum atomic E-state index is -0.965. The number of hydrogen-bond acceptors (Lipinski definition) is 2. The van der Waals surface area contributed by atoms with Gasteiger partial charge in [-0.3, -0.25) is 4.79 Å². The molecule has 1 aromatic rings. The van der Waals surface area contributed by atoms with E-state index in [1.54, 1.807) is 0 Å². The SMILES string of the molecule is CCC(O)(CC)CNC(=O)c1c(F)cccc1Cl. The first kappa shape index (κ1) is 14.9. The third-order valence-electron chi connectivity index (χ3n) is 3.08. The summed E-state index contributed by atoms with van der Waals surface area (Å²) in [5.41, 5.74) is -1.15. The third kappa shape index (κ3) is 3.43. The van der Waals surface area contributed by atoms with Crippen LogP contribution < -0.4 is 5.32 Å². The number of nitrogens with one attached hydrogen (secondary N) is 1. The molecule has 0 unspecified atom stereocenters. The summed E-state index contributed by atoms with van der Waals surface area (Å²) in [6.07, 6.45) is 1.02. The van der Waals surface area contributed by atoms with Crippen molar-refractivity contribution in [3.05, 3.63) is 34.6 Å². The molecule has 0 atom stereocenters. The fraction of sp³-hybridized carbons (Fsp3) is 0.462. The molecule has 0 heterocycles. The molecule has 0 fully saturated rings. The Labute approximate surface area is 111 Å². The first-order valence-electron chi connectivity index (χ1n) is 5.88. The lowest BCUT2D eigenvalue weighted by atomic mass is 9.97. The van der Waals surface area contributed by atoms with Crippen LogP contribution in [0.15, 0.2) is 18.2 Å². The normalized spacial score (nSPS) is 11.4. The fourth-order valence-electron chi connectivity index (χ4n) is 1.55. The van der Waals surface area contributed by atoms with Crippen molar-refractivity contribution < 1.29 is 14.3 Å². The molecule has 2 N–H and O–H groups in total. The second-order valence-electron chi connectivity index (χ2n) is 4.21. The number of aliphatic hydroxyl groups is 1. The fourth-order valence-corrected chi connectivity index (χ4v) is 1.80. The molecule has 0 aliphatic carbocycles. The highest BCUT2D eigenvalue weighted by molar-refractivity contribution is 6.33. The number of amides is 1. The van der Waals surface area contributed by atoms with Crippen molar-refractivity contribution in [2.45, 2.75) is 32.3 Å². The van der Waals surface area contributed by atoms with E-state index in [9.17, 15) is 14.3 Å². The number of carbonyl (C=O) groups is 1. The zero-order valence-electron chi connectivity index (χ0n) is 10.5. The minimum absolute atomic E-state index is 0.0593. The van der Waals surface area contributed by atoms with E-state index >= 15 is 0 Å². The summed E-state index contributed by atoms with van der Waals surface area (Å²) in [7, 11) is 0. The van der Waals surface area contributed by atoms with Crippen molar-refractivity contribution in [3.63, 3.8) is 0 Å². The van der Waals surface area contributed by atoms with Crippen LogP contribution >= 0.6 is 11.6 Å². The van der Waals surface area contributed by atoms with Gasteiger partial charge in [0.15, 0.2) is 0 Å². The number of benzene rings is 1. The third-order valence-corrected chi connectivity index (χ3v) is 3.40. The van der Waals surface area contributed by atoms with Gasteiger partial charge < -0.3 is 10.4 Å². The van der Waals surface area contributed by atoms with E-state index in [0.717, 1.165) is 0 Å². The van der Waals surface area contributed by atoms with Gasteiger partial charge in [-0.2, -0.15) is 0 Å². The summed E-state index contributed by atoms with van der Waals surface area (Å²) in [4.78, 5) is 11.8. The lowest BCUT2D eigenvalue weighted by molar-refractivity contribution is 0.0313. The van der Waals surface area contributed by atoms with Crippen LogP contribution in [-0.2, 0) is 0 Å². The molecule has 5 heteroatoms. The highest BCUT2D eigenvalue weighted by Crippen LogP contribution is 2.19. The summed E-state index contributed by atoms with van der Waals surface area (Å²) >= 11 is 5.78. The largest absolute Gasteiger partial charge is 0.388 e. The highest BCUT2D eigenvalue weighted by Gasteiger charge is 2.24. The van der Waals surface area contributed by atoms with E-state index in [0.29, 0.717) is 12.8 Å². The summed E-state index contributed by atoms with van der Waals surface area (Å²) in [5, 5.41) is 12.6. The van der Waals surface area contributed by atoms with Crippen LogP contribution in [0.1, 0.15) is 37.0 Å². The standard InChI is InChI=1S/C13H17ClFNO2/c1-3-13(18,4-2)8-16-12(17)11-9(14)6-5-7-10(11)15/h5-7,18H,3-4,8H2,1-2H3,(H,16,17). The zero-order chi connectivity index (χ0) is 13.8. The molecule has 0 bridgehead atoms. The second kappa shape index (κ2) is 6.16. The van der Waals surface area contributed by atoms with Crippen molar-refractivity contribution in [2.75, 3.05) is 6.54 Å². The van der Waals surface area contributed by atoms with E-state index in [1.807, 2.05) is 13.8 Å². The quantitative estimate of drug-likeness (QED) is 0.867. The molecule has 1 aromatic carbocycles. The maximum Gasteiger partial charge on any atom is 0.255 e. The minimum Gasteiger partial charge on any atom is -0.388 e. The second-order valence-corrected chi connectivity index (χ2v) is 4.62. The predicted octanol–water partition coefficient (Wildman–Crippen LogP) is 2.76. The predicted molar refractivity (Wildman–Crippen MR) is 69.3 cm³/mol. The molecule has 0 spiro atoms. The Bertz CT molecular complexity index is 413. The lowest BCUT2D eigenvalue weighted by Crippen LogP contribution is -2.42. The molecule has 0 radical (unpaired) electrons. The summed E-state index contributed by atoms with van der Waals surface area (Å²) < 4.78 is 13.5. The number of hydrogen-bond donors (Lipinski definition) is 2. The smallest absolute Gasteiger partial charge is 0.255 e. The van der Waals surface area contributed by atoms with Gasteiger partial charge in [-0.05, 0) is 25.0 Å². The number of carbonyl (C=O) groups excluding carboxylic acids is 1. The molecule has 18 heavy (non-hydrogen) atoms. The Morgan fingerprint density at radius 1 is 1.44 bits per heavy atom. The van der Waals surface area contributed by atoms with Crippen LogP contribution in [0.3, 0.4) is 0 Å². The summed E-state index contributed by atoms with van der Waals surface area (Å²) in [6.45, 7) is 3.72. The summed E-state index contributed by atoms with van der Waals surface area (Å²) in [5.74, 6) is -1.28. The molecule has 3 nitrogen and oxygen atoms in total. The van der Waals surface area contributed by atoms with Gasteiger partial charge in [0.05, 0.1) is 16.2 Å². The lowest BCUT2D eigenvalue weighted by Gasteiger charge is -2.25. The van der Waals surface area contributed by atoms with E-state index in [-0.39, 0.29) is 17.1 Å². The van der Waals surface area contributed by atoms with Crippen LogP contribution in [-0.4, -0.2) is 23.2 Å². The van der Waals surface area contributed by atoms with Crippen LogP contribution in [0.2, 0.25) is 5.02 Å². The highest BCUT2D eigenvalue weighted by atomic mass is 35.5. The Morgan fingerprint density at radius 2 is 2.06 bits per heavy atom. The van der Waals surface area contributed by atoms with Crippen molar-refractivity contribution in [3.8, 4) is 0 Å². The van der Waals surface area contributed by atoms with Crippen LogP contribution in [0.25, 0.3) is 0 Å². The van der Waals surface area contributed by atoms with E-state index in [4.69, 9.17) is 11.6 Å². The monoisotopic (exact) mass is 273 g/mol. The van der Waals surface area contributed by atoms with Crippen molar-refractivity contribution in [1.82, 2.24) is 5.32 Å². The van der Waals surface area contributed by atoms with Gasteiger partial charge in [0.1, 0.15) is 5.82 Å². The van der Waals surface area contributed by atoms with E-state index in [1.165, 1.54) is 18.2 Å². The summed E-state index contributed by atoms with van der Waals surface area (Å²) in [6, 6.07) is 4.06. The van der Waals surface area contributed by atoms with Gasteiger partial charge >= 0.3 is 0 Å². The Hall–Kier alpha value is -1.13. The van der Waals surface area contributed by atoms with Gasteiger partial charge in [0.25, 0.3) is 5.91 Å². The molecular weight excluding hydrogens is 257 g/mol. The van der Waals surface area contributed by atoms with E-state index in [2.05, 4.69) is 5.32 Å². The number of rotatable bonds is 5. The average molecular weight is 274 g/mol. The van der Waals surface area contributed by atoms with E-state index < -0.39 is 17.3 Å². The van der Waals surface area contributed by atoms with Gasteiger partial charge in [-0.1, -0.05) is 31.5 Å². The van der Waals surface area contributed by atoms with Crippen molar-refractivity contribution in [2.24, 2.45) is 0 Å². The Morgan fingerprint density at radius 3 is 2.56 bits per heavy atom. The molecule has 0 saturated heterocycles. The van der Waals surface area contributed by atoms with Crippen molar-refractivity contribution in [1.29, 1.82) is 0 Å². The first-order valence-corrected chi connectivity index (χ1v) is 6.26. The van der Waals surface area contributed by atoms with Crippen LogP contribution in [0.4, 0.5) is 4.39 Å². The van der Waals surface area contributed by atoms with Gasteiger partial charge in [-0.25, -0.2) is 4.39 Å². The Kier molecular flexibility index (Phi) is 5.11. The molecule has 1 amide bonds. The molecule has 0 aliphatic rings.